The molecule has 0 radical (unpaired) electrons. The molecule has 0 spiro atoms. The average Bonchev–Trinajstić information content (AvgIpc) is 3.74. The SMILES string of the molecule is CC(=O)Oc1c(-c2cn(CCCCCCCCCCOCCCc3ccc[n+](CCCCCCCCCCOCCCc4cccnc4)c3)nn2)cc(Cl)c2cccnc12.Cl. The standard InChI is InChI=1S/C49H68ClN6O4.ClH/c1-41(57)60-49-45(37-46(50)44-27-19-29-52-48(44)49)47-40-56(54-53-47)32-15-11-7-3-5-9-13-17-34-59-36-22-26-43-24-20-31-55(39-43)30-14-10-6-2-4-8-12-16-33-58-35-21-25-42-23-18-28-51-38-42;/h18-20,23-24,27-29,31,37-40H,2-17,21-22,25-26,30,32-36H2,1H3;1H/q+1;. The number of ether oxygens (including phenoxy) is 3. The molecular weight excluding hydrogens is 807 g/mol. The van der Waals surface area contributed by atoms with Crippen LogP contribution in [0.4, 0.5) is 0 Å². The second-order valence-electron chi connectivity index (χ2n) is 16.0. The van der Waals surface area contributed by atoms with Gasteiger partial charge < -0.3 is 14.2 Å². The number of carbonyl (C=O) groups is 1. The Kier molecular flexibility index (Phi) is 24.6. The van der Waals surface area contributed by atoms with Gasteiger partial charge in [-0.15, -0.1) is 17.5 Å². The van der Waals surface area contributed by atoms with E-state index in [1.165, 1.54) is 102 Å². The number of carbonyl (C=O) groups excluding carboxylic acids is 1. The van der Waals surface area contributed by atoms with Crippen molar-refractivity contribution in [1.82, 2.24) is 25.0 Å². The third-order valence-corrected chi connectivity index (χ3v) is 11.2. The second-order valence-corrected chi connectivity index (χ2v) is 16.4. The third-order valence-electron chi connectivity index (χ3n) is 10.9. The molecular formula is C49H69Cl2N6O4+. The van der Waals surface area contributed by atoms with Gasteiger partial charge in [0.1, 0.15) is 17.8 Å². The highest BCUT2D eigenvalue weighted by Crippen LogP contribution is 2.39. The minimum Gasteiger partial charge on any atom is -0.424 e. The van der Waals surface area contributed by atoms with Crippen LogP contribution in [0, 0.1) is 0 Å². The fourth-order valence-corrected chi connectivity index (χ4v) is 7.87. The highest BCUT2D eigenvalue weighted by molar-refractivity contribution is 6.36. The van der Waals surface area contributed by atoms with Gasteiger partial charge in [-0.1, -0.05) is 93.5 Å². The van der Waals surface area contributed by atoms with Gasteiger partial charge in [0.25, 0.3) is 0 Å². The molecule has 4 heterocycles. The molecule has 0 unspecified atom stereocenters. The number of nitrogens with zero attached hydrogens (tertiary/aromatic N) is 6. The molecule has 0 atom stereocenters. The van der Waals surface area contributed by atoms with Gasteiger partial charge in [0.15, 0.2) is 18.1 Å². The molecule has 4 aromatic heterocycles. The van der Waals surface area contributed by atoms with Crippen molar-refractivity contribution in [2.75, 3.05) is 26.4 Å². The van der Waals surface area contributed by atoms with Crippen LogP contribution in [0.1, 0.15) is 134 Å². The Balaban J connectivity index is 0.00000819. The molecule has 0 fully saturated rings. The fraction of sp³-hybridized carbons (Fsp3) is 0.551. The molecule has 0 aliphatic rings. The first kappa shape index (κ1) is 49.7. The van der Waals surface area contributed by atoms with Crippen molar-refractivity contribution in [2.45, 2.75) is 148 Å². The van der Waals surface area contributed by atoms with E-state index in [0.29, 0.717) is 27.5 Å². The van der Waals surface area contributed by atoms with E-state index < -0.39 is 5.97 Å². The highest BCUT2D eigenvalue weighted by atomic mass is 35.5. The Morgan fingerprint density at radius 3 is 2.00 bits per heavy atom. The lowest BCUT2D eigenvalue weighted by Crippen LogP contribution is -2.33. The van der Waals surface area contributed by atoms with E-state index >= 15 is 0 Å². The molecule has 0 bridgehead atoms. The Bertz CT molecular complexity index is 1950. The molecule has 332 valence electrons. The van der Waals surface area contributed by atoms with E-state index in [-0.39, 0.29) is 12.4 Å². The zero-order chi connectivity index (χ0) is 41.9. The Morgan fingerprint density at radius 2 is 1.33 bits per heavy atom. The number of rotatable bonds is 32. The van der Waals surface area contributed by atoms with E-state index in [1.807, 2.05) is 35.4 Å². The number of pyridine rings is 3. The predicted molar refractivity (Wildman–Crippen MR) is 247 cm³/mol. The van der Waals surface area contributed by atoms with Gasteiger partial charge in [-0.05, 0) is 87.3 Å². The van der Waals surface area contributed by atoms with Gasteiger partial charge in [-0.3, -0.25) is 19.4 Å². The number of aromatic nitrogens is 6. The van der Waals surface area contributed by atoms with Crippen LogP contribution in [0.2, 0.25) is 5.02 Å². The number of fused-ring (bicyclic) bond motifs is 1. The second kappa shape index (κ2) is 30.1. The number of hydrogen-bond donors (Lipinski definition) is 0. The average molecular weight is 877 g/mol. The van der Waals surface area contributed by atoms with Crippen molar-refractivity contribution < 1.29 is 23.6 Å². The Labute approximate surface area is 375 Å². The highest BCUT2D eigenvalue weighted by Gasteiger charge is 2.19. The lowest BCUT2D eigenvalue weighted by molar-refractivity contribution is -0.697. The molecule has 0 saturated heterocycles. The van der Waals surface area contributed by atoms with Gasteiger partial charge in [-0.25, -0.2) is 4.57 Å². The molecule has 0 saturated carbocycles. The molecule has 5 rings (SSSR count). The van der Waals surface area contributed by atoms with Crippen molar-refractivity contribution in [3.63, 3.8) is 0 Å². The molecule has 0 aliphatic heterocycles. The molecule has 0 N–H and O–H groups in total. The zero-order valence-electron chi connectivity index (χ0n) is 36.5. The molecule has 1 aromatic carbocycles. The summed E-state index contributed by atoms with van der Waals surface area (Å²) >= 11 is 6.55. The van der Waals surface area contributed by atoms with E-state index in [4.69, 9.17) is 25.8 Å². The summed E-state index contributed by atoms with van der Waals surface area (Å²) in [7, 11) is 0. The van der Waals surface area contributed by atoms with Crippen molar-refractivity contribution in [3.05, 3.63) is 95.8 Å². The van der Waals surface area contributed by atoms with Gasteiger partial charge in [0.05, 0.1) is 16.8 Å². The van der Waals surface area contributed by atoms with Crippen LogP contribution in [-0.4, -0.2) is 57.4 Å². The van der Waals surface area contributed by atoms with Crippen molar-refractivity contribution in [2.24, 2.45) is 0 Å². The van der Waals surface area contributed by atoms with Gasteiger partial charge in [-0.2, -0.15) is 0 Å². The maximum absolute atomic E-state index is 11.9. The maximum atomic E-state index is 11.9. The largest absolute Gasteiger partial charge is 0.424 e. The first-order chi connectivity index (χ1) is 29.6. The van der Waals surface area contributed by atoms with E-state index in [0.717, 1.165) is 89.8 Å². The normalized spacial score (nSPS) is 11.2. The topological polar surface area (TPSA) is 105 Å². The summed E-state index contributed by atoms with van der Waals surface area (Å²) in [5, 5.41) is 9.91. The Hall–Kier alpha value is -3.96. The molecule has 12 heteroatoms. The molecule has 0 aliphatic carbocycles. The minimum absolute atomic E-state index is 0. The third kappa shape index (κ3) is 19.3. The van der Waals surface area contributed by atoms with Crippen molar-refractivity contribution in [3.8, 4) is 17.0 Å². The Morgan fingerprint density at radius 1 is 0.721 bits per heavy atom. The lowest BCUT2D eigenvalue weighted by Gasteiger charge is -2.11. The van der Waals surface area contributed by atoms with Crippen LogP contribution < -0.4 is 9.30 Å². The summed E-state index contributed by atoms with van der Waals surface area (Å²) in [6.45, 7) is 6.71. The van der Waals surface area contributed by atoms with Crippen LogP contribution in [0.3, 0.4) is 0 Å². The van der Waals surface area contributed by atoms with Crippen LogP contribution in [0.25, 0.3) is 22.2 Å². The first-order valence-corrected chi connectivity index (χ1v) is 23.1. The van der Waals surface area contributed by atoms with Gasteiger partial charge in [0.2, 0.25) is 0 Å². The van der Waals surface area contributed by atoms with Crippen LogP contribution in [-0.2, 0) is 40.2 Å². The molecule has 5 aromatic rings. The minimum atomic E-state index is -0.426. The van der Waals surface area contributed by atoms with Crippen LogP contribution in [0.15, 0.2) is 79.6 Å². The first-order valence-electron chi connectivity index (χ1n) is 22.8. The summed E-state index contributed by atoms with van der Waals surface area (Å²) in [6, 6.07) is 14.0. The van der Waals surface area contributed by atoms with Crippen molar-refractivity contribution in [1.29, 1.82) is 0 Å². The van der Waals surface area contributed by atoms with Crippen LogP contribution in [0.5, 0.6) is 5.75 Å². The number of aryl methyl sites for hydroxylation is 4. The number of halogens is 2. The predicted octanol–water partition coefficient (Wildman–Crippen LogP) is 11.7. The number of esters is 1. The van der Waals surface area contributed by atoms with Gasteiger partial charge in [0, 0.05) is 81.9 Å². The molecule has 61 heavy (non-hydrogen) atoms. The number of hydrogen-bond acceptors (Lipinski definition) is 8. The quantitative estimate of drug-likeness (QED) is 0.0182. The summed E-state index contributed by atoms with van der Waals surface area (Å²) in [4.78, 5) is 20.5. The maximum Gasteiger partial charge on any atom is 0.308 e. The van der Waals surface area contributed by atoms with Gasteiger partial charge >= 0.3 is 5.97 Å². The summed E-state index contributed by atoms with van der Waals surface area (Å²) in [5.74, 6) is -0.0710. The monoisotopic (exact) mass is 875 g/mol. The van der Waals surface area contributed by atoms with Crippen LogP contribution >= 0.6 is 24.0 Å². The van der Waals surface area contributed by atoms with E-state index in [9.17, 15) is 4.79 Å². The van der Waals surface area contributed by atoms with Crippen molar-refractivity contribution >= 4 is 40.9 Å². The summed E-state index contributed by atoms with van der Waals surface area (Å²) in [5.41, 5.74) is 4.44. The zero-order valence-corrected chi connectivity index (χ0v) is 38.1. The summed E-state index contributed by atoms with van der Waals surface area (Å²) < 4.78 is 21.6. The lowest BCUT2D eigenvalue weighted by atomic mass is 10.1. The molecule has 10 nitrogen and oxygen atoms in total. The number of unbranched alkanes of at least 4 members (excludes halogenated alkanes) is 14. The van der Waals surface area contributed by atoms with E-state index in [1.54, 1.807) is 18.3 Å². The fourth-order valence-electron chi connectivity index (χ4n) is 7.61. The molecule has 0 amide bonds. The summed E-state index contributed by atoms with van der Waals surface area (Å²) in [6.07, 6.45) is 36.0. The van der Waals surface area contributed by atoms with E-state index in [2.05, 4.69) is 55.4 Å². The smallest absolute Gasteiger partial charge is 0.308 e. The number of benzene rings is 1.